The molecule has 1 aromatic carbocycles. The van der Waals surface area contributed by atoms with Gasteiger partial charge in [-0.25, -0.2) is 8.42 Å². The summed E-state index contributed by atoms with van der Waals surface area (Å²) in [6, 6.07) is 5.99. The Morgan fingerprint density at radius 1 is 1.39 bits per heavy atom. The summed E-state index contributed by atoms with van der Waals surface area (Å²) in [7, 11) is -3.12. The number of aromatic hydroxyl groups is 1. The maximum Gasteiger partial charge on any atom is 0.311 e. The van der Waals surface area contributed by atoms with Crippen LogP contribution < -0.4 is 0 Å². The Morgan fingerprint density at radius 2 is 2.11 bits per heavy atom. The van der Waals surface area contributed by atoms with E-state index < -0.39 is 27.6 Å². The van der Waals surface area contributed by atoms with Crippen LogP contribution in [-0.2, 0) is 14.6 Å². The van der Waals surface area contributed by atoms with Gasteiger partial charge in [-0.1, -0.05) is 12.1 Å². The van der Waals surface area contributed by atoms with Crippen LogP contribution in [0.25, 0.3) is 0 Å². The minimum absolute atomic E-state index is 0.0143. The van der Waals surface area contributed by atoms with Gasteiger partial charge in [0.2, 0.25) is 0 Å². The van der Waals surface area contributed by atoms with Crippen LogP contribution in [0.1, 0.15) is 17.9 Å². The molecule has 1 fully saturated rings. The highest BCUT2D eigenvalue weighted by atomic mass is 32.2. The lowest BCUT2D eigenvalue weighted by atomic mass is 9.85. The molecule has 0 bridgehead atoms. The van der Waals surface area contributed by atoms with Crippen LogP contribution in [-0.4, -0.2) is 36.1 Å². The summed E-state index contributed by atoms with van der Waals surface area (Å²) >= 11 is 0. The molecule has 0 amide bonds. The molecule has 2 rings (SSSR count). The lowest BCUT2D eigenvalue weighted by molar-refractivity contribution is -0.140. The van der Waals surface area contributed by atoms with Gasteiger partial charge in [-0.3, -0.25) is 4.79 Å². The number of carbonyl (C=O) groups is 1. The Kier molecular flexibility index (Phi) is 3.30. The highest BCUT2D eigenvalue weighted by Gasteiger charge is 2.38. The van der Waals surface area contributed by atoms with Crippen LogP contribution in [0.2, 0.25) is 0 Å². The van der Waals surface area contributed by atoms with E-state index in [1.807, 2.05) is 0 Å². The van der Waals surface area contributed by atoms with Gasteiger partial charge < -0.3 is 10.2 Å². The molecule has 0 aromatic heterocycles. The summed E-state index contributed by atoms with van der Waals surface area (Å²) in [5.74, 6) is -2.43. The first-order chi connectivity index (χ1) is 8.39. The van der Waals surface area contributed by atoms with Crippen molar-refractivity contribution in [2.75, 3.05) is 11.5 Å². The molecule has 98 valence electrons. The molecule has 1 heterocycles. The second kappa shape index (κ2) is 4.61. The smallest absolute Gasteiger partial charge is 0.311 e. The van der Waals surface area contributed by atoms with Gasteiger partial charge in [-0.05, 0) is 30.0 Å². The molecule has 0 radical (unpaired) electrons. The van der Waals surface area contributed by atoms with Gasteiger partial charge in [0.1, 0.15) is 5.75 Å². The van der Waals surface area contributed by atoms with E-state index in [-0.39, 0.29) is 17.3 Å². The van der Waals surface area contributed by atoms with E-state index in [1.165, 1.54) is 12.1 Å². The van der Waals surface area contributed by atoms with E-state index in [1.54, 1.807) is 12.1 Å². The minimum Gasteiger partial charge on any atom is -0.508 e. The summed E-state index contributed by atoms with van der Waals surface area (Å²) < 4.78 is 22.8. The molecule has 1 saturated heterocycles. The fourth-order valence-corrected chi connectivity index (χ4v) is 4.26. The number of hydrogen-bond donors (Lipinski definition) is 2. The molecular weight excluding hydrogens is 256 g/mol. The first-order valence-electron chi connectivity index (χ1n) is 5.61. The van der Waals surface area contributed by atoms with E-state index in [4.69, 9.17) is 0 Å². The second-order valence-corrected chi connectivity index (χ2v) is 6.80. The number of benzene rings is 1. The van der Waals surface area contributed by atoms with E-state index in [2.05, 4.69) is 0 Å². The highest BCUT2D eigenvalue weighted by Crippen LogP contribution is 2.34. The van der Waals surface area contributed by atoms with Crippen LogP contribution >= 0.6 is 0 Å². The molecule has 5 nitrogen and oxygen atoms in total. The monoisotopic (exact) mass is 270 g/mol. The minimum atomic E-state index is -3.12. The molecule has 1 aliphatic heterocycles. The number of aliphatic carboxylic acids is 1. The van der Waals surface area contributed by atoms with Crippen molar-refractivity contribution in [1.82, 2.24) is 0 Å². The Morgan fingerprint density at radius 3 is 2.61 bits per heavy atom. The molecule has 1 aromatic rings. The predicted octanol–water partition coefficient (Wildman–Crippen LogP) is 0.995. The third-order valence-electron chi connectivity index (χ3n) is 3.23. The van der Waals surface area contributed by atoms with Crippen LogP contribution in [0, 0.1) is 5.92 Å². The van der Waals surface area contributed by atoms with E-state index in [9.17, 15) is 23.4 Å². The highest BCUT2D eigenvalue weighted by molar-refractivity contribution is 7.91. The third-order valence-corrected chi connectivity index (χ3v) is 5.03. The van der Waals surface area contributed by atoms with Gasteiger partial charge in [0.25, 0.3) is 0 Å². The number of rotatable bonds is 3. The first kappa shape index (κ1) is 12.9. The molecule has 2 atom stereocenters. The quantitative estimate of drug-likeness (QED) is 0.854. The molecular formula is C12H14O5S. The maximum atomic E-state index is 11.4. The summed E-state index contributed by atoms with van der Waals surface area (Å²) in [4.78, 5) is 11.3. The Balaban J connectivity index is 2.33. The number of sulfone groups is 1. The SMILES string of the molecule is O=C(O)C(c1cccc(O)c1)C1CCS(=O)(=O)C1. The summed E-state index contributed by atoms with van der Waals surface area (Å²) in [5, 5.41) is 18.6. The number of carboxylic acids is 1. The van der Waals surface area contributed by atoms with Crippen molar-refractivity contribution < 1.29 is 23.4 Å². The molecule has 2 unspecified atom stereocenters. The van der Waals surface area contributed by atoms with Crippen molar-refractivity contribution in [2.24, 2.45) is 5.92 Å². The first-order valence-corrected chi connectivity index (χ1v) is 7.43. The molecule has 2 N–H and O–H groups in total. The zero-order chi connectivity index (χ0) is 13.3. The van der Waals surface area contributed by atoms with Crippen LogP contribution in [0.3, 0.4) is 0 Å². The van der Waals surface area contributed by atoms with E-state index in [0.717, 1.165) is 0 Å². The predicted molar refractivity (Wildman–Crippen MR) is 65.2 cm³/mol. The fourth-order valence-electron chi connectivity index (χ4n) is 2.42. The third kappa shape index (κ3) is 2.64. The topological polar surface area (TPSA) is 91.7 Å². The lowest BCUT2D eigenvalue weighted by Gasteiger charge is -2.18. The van der Waals surface area contributed by atoms with Gasteiger partial charge in [0.05, 0.1) is 17.4 Å². The number of carboxylic acid groups (broad SMARTS) is 1. The molecule has 6 heteroatoms. The van der Waals surface area contributed by atoms with E-state index in [0.29, 0.717) is 12.0 Å². The van der Waals surface area contributed by atoms with Gasteiger partial charge in [-0.15, -0.1) is 0 Å². The Bertz CT molecular complexity index is 564. The number of hydrogen-bond acceptors (Lipinski definition) is 4. The van der Waals surface area contributed by atoms with Crippen LogP contribution in [0.5, 0.6) is 5.75 Å². The standard InChI is InChI=1S/C12H14O5S/c13-10-3-1-2-8(6-10)11(12(14)15)9-4-5-18(16,17)7-9/h1-3,6,9,11,13H,4-5,7H2,(H,14,15). The average Bonchev–Trinajstić information content (AvgIpc) is 2.58. The van der Waals surface area contributed by atoms with Crippen molar-refractivity contribution in [3.63, 3.8) is 0 Å². The molecule has 1 aliphatic rings. The summed E-state index contributed by atoms with van der Waals surface area (Å²) in [6.07, 6.45) is 0.356. The van der Waals surface area contributed by atoms with Crippen molar-refractivity contribution in [2.45, 2.75) is 12.3 Å². The zero-order valence-electron chi connectivity index (χ0n) is 9.61. The largest absolute Gasteiger partial charge is 0.508 e. The number of phenols is 1. The maximum absolute atomic E-state index is 11.4. The van der Waals surface area contributed by atoms with E-state index >= 15 is 0 Å². The lowest BCUT2D eigenvalue weighted by Crippen LogP contribution is -2.22. The molecule has 0 saturated carbocycles. The number of phenolic OH excluding ortho intramolecular Hbond substituents is 1. The van der Waals surface area contributed by atoms with Crippen LogP contribution in [0.4, 0.5) is 0 Å². The van der Waals surface area contributed by atoms with Gasteiger partial charge in [-0.2, -0.15) is 0 Å². The average molecular weight is 270 g/mol. The molecule has 18 heavy (non-hydrogen) atoms. The fraction of sp³-hybridized carbons (Fsp3) is 0.417. The van der Waals surface area contributed by atoms with Crippen molar-refractivity contribution in [1.29, 1.82) is 0 Å². The van der Waals surface area contributed by atoms with Gasteiger partial charge in [0, 0.05) is 0 Å². The zero-order valence-corrected chi connectivity index (χ0v) is 10.4. The van der Waals surface area contributed by atoms with Crippen molar-refractivity contribution in [3.8, 4) is 5.75 Å². The Labute approximate surface area is 105 Å². The van der Waals surface area contributed by atoms with Gasteiger partial charge >= 0.3 is 5.97 Å². The van der Waals surface area contributed by atoms with Crippen molar-refractivity contribution in [3.05, 3.63) is 29.8 Å². The second-order valence-electron chi connectivity index (χ2n) is 4.57. The van der Waals surface area contributed by atoms with Gasteiger partial charge in [0.15, 0.2) is 9.84 Å². The normalized spacial score (nSPS) is 23.7. The Hall–Kier alpha value is -1.56. The summed E-state index contributed by atoms with van der Waals surface area (Å²) in [5.41, 5.74) is 0.449. The molecule has 0 aliphatic carbocycles. The molecule has 0 spiro atoms. The van der Waals surface area contributed by atoms with Crippen molar-refractivity contribution >= 4 is 15.8 Å². The van der Waals surface area contributed by atoms with Crippen LogP contribution in [0.15, 0.2) is 24.3 Å². The summed E-state index contributed by atoms with van der Waals surface area (Å²) in [6.45, 7) is 0.